The third-order valence-corrected chi connectivity index (χ3v) is 4.94. The maximum absolute atomic E-state index is 5.54. The van der Waals surface area contributed by atoms with Gasteiger partial charge < -0.3 is 15.0 Å². The second kappa shape index (κ2) is 7.39. The molecule has 0 unspecified atom stereocenters. The molecule has 1 heterocycles. The van der Waals surface area contributed by atoms with E-state index in [2.05, 4.69) is 62.4 Å². The first-order chi connectivity index (χ1) is 10.0. The molecule has 3 heteroatoms. The Balaban J connectivity index is 1.90. The number of nitrogens with zero attached hydrogens (tertiary/aromatic N) is 1. The van der Waals surface area contributed by atoms with Crippen LogP contribution in [0.5, 0.6) is 0 Å². The number of nitrogens with one attached hydrogen (secondary N) is 1. The SMILES string of the molecule is Cc1ccccc1C[C@H](C)NCC1(N(C)C)CCOCC1. The minimum Gasteiger partial charge on any atom is -0.381 e. The summed E-state index contributed by atoms with van der Waals surface area (Å²) in [4.78, 5) is 2.38. The van der Waals surface area contributed by atoms with Crippen molar-refractivity contribution in [3.8, 4) is 0 Å². The van der Waals surface area contributed by atoms with Crippen LogP contribution in [0.3, 0.4) is 0 Å². The first kappa shape index (κ1) is 16.5. The Hall–Kier alpha value is -0.900. The van der Waals surface area contributed by atoms with Crippen molar-refractivity contribution in [1.82, 2.24) is 10.2 Å². The summed E-state index contributed by atoms with van der Waals surface area (Å²) in [6.45, 7) is 7.28. The van der Waals surface area contributed by atoms with Crippen LogP contribution < -0.4 is 5.32 Å². The molecule has 3 nitrogen and oxygen atoms in total. The van der Waals surface area contributed by atoms with Crippen molar-refractivity contribution in [2.24, 2.45) is 0 Å². The Labute approximate surface area is 129 Å². The third-order valence-electron chi connectivity index (χ3n) is 4.94. The molecule has 1 atom stereocenters. The summed E-state index contributed by atoms with van der Waals surface area (Å²) in [6, 6.07) is 9.17. The first-order valence-electron chi connectivity index (χ1n) is 8.06. The minimum atomic E-state index is 0.248. The van der Waals surface area contributed by atoms with Gasteiger partial charge in [-0.15, -0.1) is 0 Å². The maximum Gasteiger partial charge on any atom is 0.0484 e. The molecule has 0 aliphatic carbocycles. The molecule has 0 amide bonds. The lowest BCUT2D eigenvalue weighted by Crippen LogP contribution is -2.56. The van der Waals surface area contributed by atoms with Crippen LogP contribution >= 0.6 is 0 Å². The molecule has 118 valence electrons. The van der Waals surface area contributed by atoms with Crippen LogP contribution in [-0.4, -0.2) is 50.3 Å². The van der Waals surface area contributed by atoms with E-state index in [4.69, 9.17) is 4.74 Å². The van der Waals surface area contributed by atoms with Gasteiger partial charge in [0.2, 0.25) is 0 Å². The molecule has 0 saturated carbocycles. The van der Waals surface area contributed by atoms with Crippen LogP contribution in [0.2, 0.25) is 0 Å². The van der Waals surface area contributed by atoms with Gasteiger partial charge in [0.15, 0.2) is 0 Å². The smallest absolute Gasteiger partial charge is 0.0484 e. The van der Waals surface area contributed by atoms with E-state index in [1.165, 1.54) is 11.1 Å². The van der Waals surface area contributed by atoms with E-state index in [0.29, 0.717) is 6.04 Å². The van der Waals surface area contributed by atoms with Crippen molar-refractivity contribution in [3.63, 3.8) is 0 Å². The summed E-state index contributed by atoms with van der Waals surface area (Å²) < 4.78 is 5.54. The Morgan fingerprint density at radius 2 is 1.90 bits per heavy atom. The number of rotatable bonds is 6. The summed E-state index contributed by atoms with van der Waals surface area (Å²) in [6.07, 6.45) is 3.32. The number of ether oxygens (including phenoxy) is 1. The standard InChI is InChI=1S/C18H30N2O/c1-15-7-5-6-8-17(15)13-16(2)19-14-18(20(3)4)9-11-21-12-10-18/h5-8,16,19H,9-14H2,1-4H3/t16-/m0/s1. The quantitative estimate of drug-likeness (QED) is 0.871. The molecule has 1 aliphatic rings. The molecule has 0 spiro atoms. The zero-order valence-electron chi connectivity index (χ0n) is 14.0. The van der Waals surface area contributed by atoms with E-state index >= 15 is 0 Å². The van der Waals surface area contributed by atoms with Crippen molar-refractivity contribution in [3.05, 3.63) is 35.4 Å². The van der Waals surface area contributed by atoms with Crippen LogP contribution in [0.15, 0.2) is 24.3 Å². The Morgan fingerprint density at radius 1 is 1.24 bits per heavy atom. The average molecular weight is 290 g/mol. The highest BCUT2D eigenvalue weighted by Gasteiger charge is 2.34. The lowest BCUT2D eigenvalue weighted by atomic mass is 9.88. The first-order valence-corrected chi connectivity index (χ1v) is 8.06. The highest BCUT2D eigenvalue weighted by Crippen LogP contribution is 2.25. The topological polar surface area (TPSA) is 24.5 Å². The molecule has 1 N–H and O–H groups in total. The van der Waals surface area contributed by atoms with E-state index in [1.807, 2.05) is 0 Å². The highest BCUT2D eigenvalue weighted by molar-refractivity contribution is 5.26. The van der Waals surface area contributed by atoms with E-state index in [0.717, 1.165) is 39.0 Å². The molecule has 0 bridgehead atoms. The van der Waals surface area contributed by atoms with Gasteiger partial charge in [-0.25, -0.2) is 0 Å². The van der Waals surface area contributed by atoms with Crippen LogP contribution in [-0.2, 0) is 11.2 Å². The fourth-order valence-corrected chi connectivity index (χ4v) is 3.14. The van der Waals surface area contributed by atoms with Crippen LogP contribution in [0.4, 0.5) is 0 Å². The van der Waals surface area contributed by atoms with E-state index in [-0.39, 0.29) is 5.54 Å². The van der Waals surface area contributed by atoms with Crippen molar-refractivity contribution in [2.75, 3.05) is 33.9 Å². The Morgan fingerprint density at radius 3 is 2.52 bits per heavy atom. The lowest BCUT2D eigenvalue weighted by Gasteiger charge is -2.43. The van der Waals surface area contributed by atoms with Gasteiger partial charge in [-0.2, -0.15) is 0 Å². The zero-order chi connectivity index (χ0) is 15.3. The van der Waals surface area contributed by atoms with Crippen molar-refractivity contribution in [1.29, 1.82) is 0 Å². The molecule has 21 heavy (non-hydrogen) atoms. The van der Waals surface area contributed by atoms with E-state index in [9.17, 15) is 0 Å². The minimum absolute atomic E-state index is 0.248. The van der Waals surface area contributed by atoms with Crippen molar-refractivity contribution >= 4 is 0 Å². The van der Waals surface area contributed by atoms with Gasteiger partial charge in [-0.1, -0.05) is 24.3 Å². The monoisotopic (exact) mass is 290 g/mol. The number of aryl methyl sites for hydroxylation is 1. The van der Waals surface area contributed by atoms with Gasteiger partial charge >= 0.3 is 0 Å². The van der Waals surface area contributed by atoms with Crippen LogP contribution in [0, 0.1) is 6.92 Å². The molecule has 1 aromatic carbocycles. The summed E-state index contributed by atoms with van der Waals surface area (Å²) in [7, 11) is 4.39. The van der Waals surface area contributed by atoms with Crippen LogP contribution in [0.25, 0.3) is 0 Å². The maximum atomic E-state index is 5.54. The van der Waals surface area contributed by atoms with E-state index < -0.39 is 0 Å². The average Bonchev–Trinajstić information content (AvgIpc) is 2.48. The second-order valence-corrected chi connectivity index (χ2v) is 6.64. The fraction of sp³-hybridized carbons (Fsp3) is 0.667. The number of hydrogen-bond acceptors (Lipinski definition) is 3. The molecule has 1 aromatic rings. The summed E-state index contributed by atoms with van der Waals surface area (Å²) in [5, 5.41) is 3.75. The van der Waals surface area contributed by atoms with Gasteiger partial charge in [0.1, 0.15) is 0 Å². The predicted octanol–water partition coefficient (Wildman–Crippen LogP) is 2.63. The summed E-state index contributed by atoms with van der Waals surface area (Å²) in [5.41, 5.74) is 3.08. The molecule has 1 aliphatic heterocycles. The number of likely N-dealkylation sites (N-methyl/N-ethyl adjacent to an activating group) is 1. The number of hydrogen-bond donors (Lipinski definition) is 1. The normalized spacial score (nSPS) is 19.7. The highest BCUT2D eigenvalue weighted by atomic mass is 16.5. The second-order valence-electron chi connectivity index (χ2n) is 6.64. The van der Waals surface area contributed by atoms with Gasteiger partial charge in [0.05, 0.1) is 0 Å². The molecular weight excluding hydrogens is 260 g/mol. The molecule has 0 radical (unpaired) electrons. The largest absolute Gasteiger partial charge is 0.381 e. The van der Waals surface area contributed by atoms with Crippen LogP contribution in [0.1, 0.15) is 30.9 Å². The predicted molar refractivity (Wildman–Crippen MR) is 88.8 cm³/mol. The third kappa shape index (κ3) is 4.29. The van der Waals surface area contributed by atoms with Gasteiger partial charge in [0, 0.05) is 31.3 Å². The zero-order valence-corrected chi connectivity index (χ0v) is 14.0. The molecule has 1 fully saturated rings. The van der Waals surface area contributed by atoms with Gasteiger partial charge in [0.25, 0.3) is 0 Å². The molecule has 2 rings (SSSR count). The van der Waals surface area contributed by atoms with Crippen molar-refractivity contribution in [2.45, 2.75) is 44.7 Å². The molecule has 0 aromatic heterocycles. The Bertz CT molecular complexity index is 439. The summed E-state index contributed by atoms with van der Waals surface area (Å²) in [5.74, 6) is 0. The molecular formula is C18H30N2O. The summed E-state index contributed by atoms with van der Waals surface area (Å²) >= 11 is 0. The van der Waals surface area contributed by atoms with Gasteiger partial charge in [-0.3, -0.25) is 0 Å². The van der Waals surface area contributed by atoms with E-state index in [1.54, 1.807) is 0 Å². The fourth-order valence-electron chi connectivity index (χ4n) is 3.14. The van der Waals surface area contributed by atoms with Crippen molar-refractivity contribution < 1.29 is 4.74 Å². The molecule has 1 saturated heterocycles. The van der Waals surface area contributed by atoms with Gasteiger partial charge in [-0.05, 0) is 58.3 Å². The number of benzene rings is 1. The Kier molecular flexibility index (Phi) is 5.80. The lowest BCUT2D eigenvalue weighted by molar-refractivity contribution is -0.00803.